The van der Waals surface area contributed by atoms with Crippen molar-refractivity contribution >= 4 is 5.91 Å². The van der Waals surface area contributed by atoms with Crippen molar-refractivity contribution < 1.29 is 4.79 Å². The van der Waals surface area contributed by atoms with Crippen LogP contribution in [0.1, 0.15) is 34.1 Å². The quantitative estimate of drug-likeness (QED) is 0.834. The molecular formula is C15H29N3O. The van der Waals surface area contributed by atoms with Gasteiger partial charge in [-0.25, -0.2) is 0 Å². The fraction of sp³-hybridized carbons (Fsp3) is 0.933. The topological polar surface area (TPSA) is 35.6 Å². The molecule has 2 aliphatic heterocycles. The minimum absolute atomic E-state index is 0.159. The summed E-state index contributed by atoms with van der Waals surface area (Å²) in [5, 5.41) is 3.39. The second-order valence-corrected chi connectivity index (χ2v) is 6.47. The fourth-order valence-electron chi connectivity index (χ4n) is 3.60. The Morgan fingerprint density at radius 3 is 2.63 bits per heavy atom. The van der Waals surface area contributed by atoms with Crippen LogP contribution in [0.4, 0.5) is 0 Å². The van der Waals surface area contributed by atoms with Gasteiger partial charge in [-0.3, -0.25) is 9.69 Å². The molecular weight excluding hydrogens is 238 g/mol. The lowest BCUT2D eigenvalue weighted by Crippen LogP contribution is -2.58. The Bertz CT molecular complexity index is 323. The molecule has 0 bridgehead atoms. The third-order valence-corrected chi connectivity index (χ3v) is 5.18. The second kappa shape index (κ2) is 5.80. The minimum Gasteiger partial charge on any atom is -0.339 e. The Labute approximate surface area is 117 Å². The highest BCUT2D eigenvalue weighted by molar-refractivity contribution is 5.84. The van der Waals surface area contributed by atoms with Gasteiger partial charge >= 0.3 is 0 Å². The summed E-state index contributed by atoms with van der Waals surface area (Å²) in [7, 11) is 0. The van der Waals surface area contributed by atoms with Gasteiger partial charge in [0.1, 0.15) is 0 Å². The molecule has 19 heavy (non-hydrogen) atoms. The molecule has 0 aromatic carbocycles. The van der Waals surface area contributed by atoms with Crippen molar-refractivity contribution in [3.8, 4) is 0 Å². The molecule has 1 N–H and O–H groups in total. The largest absolute Gasteiger partial charge is 0.339 e. The second-order valence-electron chi connectivity index (χ2n) is 6.47. The molecule has 2 unspecified atom stereocenters. The molecule has 2 saturated heterocycles. The van der Waals surface area contributed by atoms with Crippen molar-refractivity contribution in [2.24, 2.45) is 11.3 Å². The lowest BCUT2D eigenvalue weighted by atomic mass is 9.75. The molecule has 0 aliphatic carbocycles. The zero-order valence-electron chi connectivity index (χ0n) is 12.9. The number of carbonyl (C=O) groups excluding carboxylic acids is 1. The zero-order chi connectivity index (χ0) is 14.0. The number of carbonyl (C=O) groups is 1. The van der Waals surface area contributed by atoms with Crippen molar-refractivity contribution in [1.82, 2.24) is 15.1 Å². The predicted octanol–water partition coefficient (Wildman–Crippen LogP) is 1.17. The first kappa shape index (κ1) is 14.8. The number of nitrogens with one attached hydrogen (secondary N) is 1. The van der Waals surface area contributed by atoms with Gasteiger partial charge in [0.2, 0.25) is 5.91 Å². The lowest BCUT2D eigenvalue weighted by Gasteiger charge is -2.43. The standard InChI is InChI=1S/C15H29N3O/c1-5-17-8-9-18(10-13(17)4)14(19)15(12(2)3)6-7-16-11-15/h12-13,16H,5-11H2,1-4H3. The maximum atomic E-state index is 13.0. The molecule has 2 rings (SSSR count). The highest BCUT2D eigenvalue weighted by Gasteiger charge is 2.46. The maximum absolute atomic E-state index is 13.0. The first-order valence-electron chi connectivity index (χ1n) is 7.75. The number of piperazine rings is 1. The van der Waals surface area contributed by atoms with E-state index in [-0.39, 0.29) is 5.41 Å². The zero-order valence-corrected chi connectivity index (χ0v) is 12.9. The Kier molecular flexibility index (Phi) is 4.51. The smallest absolute Gasteiger partial charge is 0.230 e. The van der Waals surface area contributed by atoms with Crippen LogP contribution in [-0.4, -0.2) is 61.0 Å². The van der Waals surface area contributed by atoms with Gasteiger partial charge in [-0.2, -0.15) is 0 Å². The Morgan fingerprint density at radius 2 is 2.16 bits per heavy atom. The third-order valence-electron chi connectivity index (χ3n) is 5.18. The van der Waals surface area contributed by atoms with Crippen LogP contribution >= 0.6 is 0 Å². The van der Waals surface area contributed by atoms with Crippen molar-refractivity contribution in [2.45, 2.75) is 40.2 Å². The van der Waals surface area contributed by atoms with Crippen LogP contribution < -0.4 is 5.32 Å². The first-order valence-corrected chi connectivity index (χ1v) is 7.75. The minimum atomic E-state index is -0.159. The van der Waals surface area contributed by atoms with E-state index < -0.39 is 0 Å². The molecule has 0 aromatic heterocycles. The SMILES string of the molecule is CCN1CCN(C(=O)C2(C(C)C)CCNC2)CC1C. The number of hydrogen-bond acceptors (Lipinski definition) is 3. The molecule has 0 radical (unpaired) electrons. The monoisotopic (exact) mass is 267 g/mol. The predicted molar refractivity (Wildman–Crippen MR) is 78.0 cm³/mol. The van der Waals surface area contributed by atoms with Crippen molar-refractivity contribution in [1.29, 1.82) is 0 Å². The highest BCUT2D eigenvalue weighted by atomic mass is 16.2. The molecule has 4 heteroatoms. The molecule has 110 valence electrons. The molecule has 1 amide bonds. The van der Waals surface area contributed by atoms with Crippen LogP contribution in [0.5, 0.6) is 0 Å². The van der Waals surface area contributed by atoms with Crippen LogP contribution in [0.3, 0.4) is 0 Å². The Balaban J connectivity index is 2.07. The van der Waals surface area contributed by atoms with E-state index in [1.54, 1.807) is 0 Å². The normalized spacial score (nSPS) is 33.1. The molecule has 2 atom stereocenters. The number of nitrogens with zero attached hydrogens (tertiary/aromatic N) is 2. The summed E-state index contributed by atoms with van der Waals surface area (Å²) in [6.07, 6.45) is 0.992. The molecule has 2 heterocycles. The highest BCUT2D eigenvalue weighted by Crippen LogP contribution is 2.36. The van der Waals surface area contributed by atoms with E-state index in [2.05, 4.69) is 42.8 Å². The summed E-state index contributed by atoms with van der Waals surface area (Å²) in [5.41, 5.74) is -0.159. The summed E-state index contributed by atoms with van der Waals surface area (Å²) in [5.74, 6) is 0.796. The van der Waals surface area contributed by atoms with Crippen LogP contribution in [-0.2, 0) is 4.79 Å². The summed E-state index contributed by atoms with van der Waals surface area (Å²) < 4.78 is 0. The molecule has 0 aromatic rings. The summed E-state index contributed by atoms with van der Waals surface area (Å²) in [6.45, 7) is 14.5. The first-order chi connectivity index (χ1) is 9.01. The van der Waals surface area contributed by atoms with E-state index in [9.17, 15) is 4.79 Å². The molecule has 4 nitrogen and oxygen atoms in total. The number of likely N-dealkylation sites (N-methyl/N-ethyl adjacent to an activating group) is 1. The van der Waals surface area contributed by atoms with Crippen molar-refractivity contribution in [2.75, 3.05) is 39.3 Å². The maximum Gasteiger partial charge on any atom is 0.230 e. The van der Waals surface area contributed by atoms with Gasteiger partial charge < -0.3 is 10.2 Å². The number of rotatable bonds is 3. The average molecular weight is 267 g/mol. The van der Waals surface area contributed by atoms with Gasteiger partial charge in [-0.05, 0) is 32.4 Å². The number of hydrogen-bond donors (Lipinski definition) is 1. The summed E-state index contributed by atoms with van der Waals surface area (Å²) in [4.78, 5) is 17.5. The van der Waals surface area contributed by atoms with E-state index in [0.29, 0.717) is 17.9 Å². The van der Waals surface area contributed by atoms with E-state index in [0.717, 1.165) is 45.7 Å². The Morgan fingerprint density at radius 1 is 1.42 bits per heavy atom. The van der Waals surface area contributed by atoms with Gasteiger partial charge in [0, 0.05) is 32.2 Å². The lowest BCUT2D eigenvalue weighted by molar-refractivity contribution is -0.146. The average Bonchev–Trinajstić information content (AvgIpc) is 2.88. The molecule has 2 aliphatic rings. The van der Waals surface area contributed by atoms with E-state index in [1.165, 1.54) is 0 Å². The van der Waals surface area contributed by atoms with Gasteiger partial charge in [0.25, 0.3) is 0 Å². The van der Waals surface area contributed by atoms with Crippen LogP contribution in [0, 0.1) is 11.3 Å². The summed E-state index contributed by atoms with van der Waals surface area (Å²) >= 11 is 0. The Hall–Kier alpha value is -0.610. The van der Waals surface area contributed by atoms with Gasteiger partial charge in [0.05, 0.1) is 5.41 Å². The van der Waals surface area contributed by atoms with E-state index >= 15 is 0 Å². The molecule has 0 saturated carbocycles. The molecule has 0 spiro atoms. The van der Waals surface area contributed by atoms with Crippen LogP contribution in [0.25, 0.3) is 0 Å². The number of amides is 1. The van der Waals surface area contributed by atoms with E-state index in [1.807, 2.05) is 0 Å². The summed E-state index contributed by atoms with van der Waals surface area (Å²) in [6, 6.07) is 0.487. The molecule has 2 fully saturated rings. The van der Waals surface area contributed by atoms with Gasteiger partial charge in [-0.1, -0.05) is 20.8 Å². The van der Waals surface area contributed by atoms with Crippen molar-refractivity contribution in [3.05, 3.63) is 0 Å². The van der Waals surface area contributed by atoms with Crippen LogP contribution in [0.15, 0.2) is 0 Å². The van der Waals surface area contributed by atoms with Gasteiger partial charge in [-0.15, -0.1) is 0 Å². The van der Waals surface area contributed by atoms with Gasteiger partial charge in [0.15, 0.2) is 0 Å². The van der Waals surface area contributed by atoms with E-state index in [4.69, 9.17) is 0 Å². The fourth-order valence-corrected chi connectivity index (χ4v) is 3.60. The van der Waals surface area contributed by atoms with Crippen LogP contribution in [0.2, 0.25) is 0 Å². The van der Waals surface area contributed by atoms with Crippen molar-refractivity contribution in [3.63, 3.8) is 0 Å². The third kappa shape index (κ3) is 2.65.